The number of carbonyl (C=O) groups excluding carboxylic acids is 1. The predicted octanol–water partition coefficient (Wildman–Crippen LogP) is 2.98. The maximum atomic E-state index is 12.6. The molecule has 1 aliphatic heterocycles. The lowest BCUT2D eigenvalue weighted by atomic mass is 9.81. The molecule has 1 fully saturated rings. The summed E-state index contributed by atoms with van der Waals surface area (Å²) in [6.07, 6.45) is 4.88. The van der Waals surface area contributed by atoms with E-state index >= 15 is 0 Å². The SMILES string of the molecule is O=C(NC1(C(=O)O)CCCCC1)C1SCCc2sccc21. The molecule has 6 heteroatoms. The van der Waals surface area contributed by atoms with Crippen LogP contribution in [-0.2, 0) is 16.0 Å². The van der Waals surface area contributed by atoms with Gasteiger partial charge in [-0.1, -0.05) is 19.3 Å². The van der Waals surface area contributed by atoms with Crippen LogP contribution < -0.4 is 5.32 Å². The zero-order valence-electron chi connectivity index (χ0n) is 11.8. The number of hydrogen-bond donors (Lipinski definition) is 2. The number of aliphatic carboxylic acids is 1. The number of carbonyl (C=O) groups is 2. The van der Waals surface area contributed by atoms with E-state index in [0.717, 1.165) is 37.0 Å². The average Bonchev–Trinajstić information content (AvgIpc) is 2.96. The lowest BCUT2D eigenvalue weighted by molar-refractivity contribution is -0.149. The molecule has 1 aromatic heterocycles. The standard InChI is InChI=1S/C15H19NO3S2/c17-13(12-10-4-8-20-11(10)5-9-21-12)16-15(14(18)19)6-2-1-3-7-15/h4,8,12H,1-3,5-7,9H2,(H,16,17)(H,18,19). The van der Waals surface area contributed by atoms with Crippen LogP contribution in [0.1, 0.15) is 47.8 Å². The van der Waals surface area contributed by atoms with E-state index in [2.05, 4.69) is 5.32 Å². The second kappa shape index (κ2) is 6.01. The molecular weight excluding hydrogens is 306 g/mol. The van der Waals surface area contributed by atoms with Crippen molar-refractivity contribution in [2.24, 2.45) is 0 Å². The van der Waals surface area contributed by atoms with Crippen molar-refractivity contribution in [2.45, 2.75) is 49.3 Å². The fraction of sp³-hybridized carbons (Fsp3) is 0.600. The molecule has 2 N–H and O–H groups in total. The number of thiophene rings is 1. The van der Waals surface area contributed by atoms with Crippen molar-refractivity contribution in [3.63, 3.8) is 0 Å². The molecule has 1 aromatic rings. The van der Waals surface area contributed by atoms with Gasteiger partial charge in [-0.25, -0.2) is 4.79 Å². The molecule has 1 saturated carbocycles. The quantitative estimate of drug-likeness (QED) is 0.896. The first-order chi connectivity index (χ1) is 10.1. The summed E-state index contributed by atoms with van der Waals surface area (Å²) in [6.45, 7) is 0. The monoisotopic (exact) mass is 325 g/mol. The number of nitrogens with one attached hydrogen (secondary N) is 1. The second-order valence-electron chi connectivity index (χ2n) is 5.74. The number of aryl methyl sites for hydroxylation is 1. The summed E-state index contributed by atoms with van der Waals surface area (Å²) in [7, 11) is 0. The van der Waals surface area contributed by atoms with Crippen LogP contribution in [0.5, 0.6) is 0 Å². The topological polar surface area (TPSA) is 66.4 Å². The summed E-state index contributed by atoms with van der Waals surface area (Å²) in [5.41, 5.74) is 0.0221. The summed E-state index contributed by atoms with van der Waals surface area (Å²) in [6, 6.07) is 2.00. The Bertz CT molecular complexity index is 549. The van der Waals surface area contributed by atoms with Gasteiger partial charge in [-0.05, 0) is 42.0 Å². The van der Waals surface area contributed by atoms with Crippen LogP contribution in [0.15, 0.2) is 11.4 Å². The van der Waals surface area contributed by atoms with Crippen molar-refractivity contribution < 1.29 is 14.7 Å². The minimum absolute atomic E-state index is 0.136. The lowest BCUT2D eigenvalue weighted by Gasteiger charge is -2.35. The Kier molecular flexibility index (Phi) is 4.26. The van der Waals surface area contributed by atoms with Crippen LogP contribution in [0.4, 0.5) is 0 Å². The van der Waals surface area contributed by atoms with Crippen molar-refractivity contribution in [3.8, 4) is 0 Å². The molecule has 1 atom stereocenters. The van der Waals surface area contributed by atoms with E-state index in [0.29, 0.717) is 12.8 Å². The van der Waals surface area contributed by atoms with E-state index in [1.807, 2.05) is 11.4 Å². The highest BCUT2D eigenvalue weighted by atomic mass is 32.2. The number of amides is 1. The van der Waals surface area contributed by atoms with Crippen LogP contribution in [0.25, 0.3) is 0 Å². The van der Waals surface area contributed by atoms with E-state index in [4.69, 9.17) is 0 Å². The Morgan fingerprint density at radius 1 is 1.29 bits per heavy atom. The maximum Gasteiger partial charge on any atom is 0.329 e. The first kappa shape index (κ1) is 14.9. The zero-order chi connectivity index (χ0) is 14.9. The Morgan fingerprint density at radius 2 is 2.05 bits per heavy atom. The Morgan fingerprint density at radius 3 is 2.76 bits per heavy atom. The highest BCUT2D eigenvalue weighted by molar-refractivity contribution is 8.00. The molecule has 2 heterocycles. The number of hydrogen-bond acceptors (Lipinski definition) is 4. The lowest BCUT2D eigenvalue weighted by Crippen LogP contribution is -2.56. The minimum atomic E-state index is -1.05. The summed E-state index contributed by atoms with van der Waals surface area (Å²) in [5, 5.41) is 14.2. The maximum absolute atomic E-state index is 12.6. The van der Waals surface area contributed by atoms with E-state index in [-0.39, 0.29) is 11.2 Å². The molecule has 1 amide bonds. The third-order valence-corrected chi connectivity index (χ3v) is 6.63. The molecule has 0 aromatic carbocycles. The molecule has 0 radical (unpaired) electrons. The summed E-state index contributed by atoms with van der Waals surface area (Å²) in [5.74, 6) is -0.100. The number of thioether (sulfide) groups is 1. The Hall–Kier alpha value is -1.01. The molecule has 114 valence electrons. The van der Waals surface area contributed by atoms with Gasteiger partial charge in [-0.15, -0.1) is 23.1 Å². The first-order valence-corrected chi connectivity index (χ1v) is 9.28. The molecule has 21 heavy (non-hydrogen) atoms. The van der Waals surface area contributed by atoms with Gasteiger partial charge in [0.25, 0.3) is 0 Å². The zero-order valence-corrected chi connectivity index (χ0v) is 13.4. The van der Waals surface area contributed by atoms with Crippen LogP contribution >= 0.6 is 23.1 Å². The molecule has 3 rings (SSSR count). The van der Waals surface area contributed by atoms with Crippen LogP contribution in [0, 0.1) is 0 Å². The van der Waals surface area contributed by atoms with Gasteiger partial charge in [0.15, 0.2) is 0 Å². The molecule has 0 saturated heterocycles. The fourth-order valence-corrected chi connectivity index (χ4v) is 5.51. The third-order valence-electron chi connectivity index (χ3n) is 4.39. The molecule has 0 bridgehead atoms. The normalized spacial score (nSPS) is 24.1. The van der Waals surface area contributed by atoms with Crippen molar-refractivity contribution in [2.75, 3.05) is 5.75 Å². The first-order valence-electron chi connectivity index (χ1n) is 7.36. The number of carboxylic acids is 1. The smallest absolute Gasteiger partial charge is 0.329 e. The van der Waals surface area contributed by atoms with E-state index in [1.165, 1.54) is 4.88 Å². The van der Waals surface area contributed by atoms with Crippen molar-refractivity contribution in [1.82, 2.24) is 5.32 Å². The summed E-state index contributed by atoms with van der Waals surface area (Å²) < 4.78 is 0. The van der Waals surface area contributed by atoms with Crippen LogP contribution in [-0.4, -0.2) is 28.3 Å². The summed E-state index contributed by atoms with van der Waals surface area (Å²) in [4.78, 5) is 25.6. The number of carboxylic acid groups (broad SMARTS) is 1. The van der Waals surface area contributed by atoms with Gasteiger partial charge in [-0.2, -0.15) is 0 Å². The third kappa shape index (κ3) is 2.83. The number of fused-ring (bicyclic) bond motifs is 1. The van der Waals surface area contributed by atoms with E-state index in [9.17, 15) is 14.7 Å². The minimum Gasteiger partial charge on any atom is -0.480 e. The van der Waals surface area contributed by atoms with Crippen molar-refractivity contribution in [1.29, 1.82) is 0 Å². The molecule has 1 aliphatic carbocycles. The highest BCUT2D eigenvalue weighted by Gasteiger charge is 2.43. The van der Waals surface area contributed by atoms with Gasteiger partial charge < -0.3 is 10.4 Å². The molecule has 0 spiro atoms. The molecule has 4 nitrogen and oxygen atoms in total. The average molecular weight is 325 g/mol. The predicted molar refractivity (Wildman–Crippen MR) is 84.8 cm³/mol. The van der Waals surface area contributed by atoms with Gasteiger partial charge in [0.05, 0.1) is 0 Å². The Labute approximate surface area is 132 Å². The molecule has 2 aliphatic rings. The molecular formula is C15H19NO3S2. The molecule has 1 unspecified atom stereocenters. The van der Waals surface area contributed by atoms with Crippen LogP contribution in [0.2, 0.25) is 0 Å². The highest BCUT2D eigenvalue weighted by Crippen LogP contribution is 2.40. The van der Waals surface area contributed by atoms with Gasteiger partial charge in [0.1, 0.15) is 10.8 Å². The van der Waals surface area contributed by atoms with Crippen LogP contribution in [0.3, 0.4) is 0 Å². The van der Waals surface area contributed by atoms with Crippen molar-refractivity contribution >= 4 is 35.0 Å². The van der Waals surface area contributed by atoms with Crippen molar-refractivity contribution in [3.05, 3.63) is 21.9 Å². The van der Waals surface area contributed by atoms with Gasteiger partial charge in [0.2, 0.25) is 5.91 Å². The second-order valence-corrected chi connectivity index (χ2v) is 7.95. The largest absolute Gasteiger partial charge is 0.480 e. The summed E-state index contributed by atoms with van der Waals surface area (Å²) >= 11 is 3.31. The number of rotatable bonds is 3. The Balaban J connectivity index is 1.78. The van der Waals surface area contributed by atoms with Gasteiger partial charge in [-0.3, -0.25) is 4.79 Å². The van der Waals surface area contributed by atoms with Gasteiger partial charge in [0, 0.05) is 4.88 Å². The fourth-order valence-electron chi connectivity index (χ4n) is 3.21. The van der Waals surface area contributed by atoms with Gasteiger partial charge >= 0.3 is 5.97 Å². The van der Waals surface area contributed by atoms with E-state index in [1.54, 1.807) is 23.1 Å². The van der Waals surface area contributed by atoms with E-state index < -0.39 is 11.5 Å².